The van der Waals surface area contributed by atoms with E-state index in [-0.39, 0.29) is 12.3 Å². The van der Waals surface area contributed by atoms with Crippen molar-refractivity contribution in [2.75, 3.05) is 0 Å². The molecule has 0 bridgehead atoms. The highest BCUT2D eigenvalue weighted by Crippen LogP contribution is 2.08. The number of hydrogen-bond donors (Lipinski definition) is 2. The molecule has 1 heterocycles. The van der Waals surface area contributed by atoms with E-state index < -0.39 is 0 Å². The van der Waals surface area contributed by atoms with Crippen molar-refractivity contribution < 1.29 is 4.79 Å². The molecule has 0 saturated carbocycles. The molecular formula is C19H20N4O. The maximum Gasteiger partial charge on any atom is 0.228 e. The first kappa shape index (κ1) is 15.9. The van der Waals surface area contributed by atoms with Gasteiger partial charge in [-0.2, -0.15) is 5.10 Å². The zero-order valence-corrected chi connectivity index (χ0v) is 13.6. The molecule has 5 nitrogen and oxygen atoms in total. The minimum Gasteiger partial charge on any atom is -0.352 e. The topological polar surface area (TPSA) is 70.7 Å². The first-order valence-corrected chi connectivity index (χ1v) is 7.95. The quantitative estimate of drug-likeness (QED) is 0.733. The van der Waals surface area contributed by atoms with Crippen molar-refractivity contribution in [1.29, 1.82) is 0 Å². The number of hydrogen-bond acceptors (Lipinski definition) is 3. The van der Waals surface area contributed by atoms with E-state index in [1.54, 1.807) is 0 Å². The molecule has 3 rings (SSSR count). The van der Waals surface area contributed by atoms with Crippen molar-refractivity contribution in [2.45, 2.75) is 26.3 Å². The van der Waals surface area contributed by atoms with Crippen LogP contribution in [-0.2, 0) is 24.2 Å². The van der Waals surface area contributed by atoms with Crippen LogP contribution in [0.3, 0.4) is 0 Å². The Balaban J connectivity index is 1.51. The van der Waals surface area contributed by atoms with Gasteiger partial charge in [-0.25, -0.2) is 4.98 Å². The molecule has 0 unspecified atom stereocenters. The maximum absolute atomic E-state index is 12.0. The van der Waals surface area contributed by atoms with E-state index in [1.165, 1.54) is 5.56 Å². The molecule has 0 aliphatic carbocycles. The van der Waals surface area contributed by atoms with Gasteiger partial charge in [-0.15, -0.1) is 0 Å². The van der Waals surface area contributed by atoms with Gasteiger partial charge in [-0.05, 0) is 18.1 Å². The Bertz CT molecular complexity index is 794. The van der Waals surface area contributed by atoms with Crippen LogP contribution < -0.4 is 5.32 Å². The summed E-state index contributed by atoms with van der Waals surface area (Å²) in [7, 11) is 0. The molecule has 2 N–H and O–H groups in total. The Morgan fingerprint density at radius 2 is 1.79 bits per heavy atom. The Labute approximate surface area is 141 Å². The molecule has 3 aromatic rings. The number of aromatic amines is 1. The molecule has 0 atom stereocenters. The molecule has 122 valence electrons. The van der Waals surface area contributed by atoms with Crippen molar-refractivity contribution in [2.24, 2.45) is 0 Å². The third-order valence-electron chi connectivity index (χ3n) is 3.72. The average molecular weight is 320 g/mol. The van der Waals surface area contributed by atoms with Gasteiger partial charge in [-0.3, -0.25) is 9.89 Å². The molecule has 0 spiro atoms. The number of carbonyl (C=O) groups is 1. The van der Waals surface area contributed by atoms with Crippen molar-refractivity contribution in [3.63, 3.8) is 0 Å². The predicted octanol–water partition coefficient (Wildman–Crippen LogP) is 2.56. The molecular weight excluding hydrogens is 300 g/mol. The number of H-pyrrole nitrogens is 1. The Kier molecular flexibility index (Phi) is 5.01. The lowest BCUT2D eigenvalue weighted by atomic mass is 10.1. The molecule has 0 fully saturated rings. The van der Waals surface area contributed by atoms with Gasteiger partial charge < -0.3 is 5.32 Å². The Morgan fingerprint density at radius 3 is 2.54 bits per heavy atom. The summed E-state index contributed by atoms with van der Waals surface area (Å²) >= 11 is 0. The second kappa shape index (κ2) is 7.55. The zero-order chi connectivity index (χ0) is 16.8. The van der Waals surface area contributed by atoms with E-state index >= 15 is 0 Å². The summed E-state index contributed by atoms with van der Waals surface area (Å²) in [5, 5.41) is 9.91. The normalized spacial score (nSPS) is 10.5. The van der Waals surface area contributed by atoms with Crippen LogP contribution in [0, 0.1) is 6.92 Å². The number of amides is 1. The third kappa shape index (κ3) is 4.52. The molecule has 24 heavy (non-hydrogen) atoms. The predicted molar refractivity (Wildman–Crippen MR) is 92.4 cm³/mol. The third-order valence-corrected chi connectivity index (χ3v) is 3.72. The van der Waals surface area contributed by atoms with E-state index in [4.69, 9.17) is 0 Å². The van der Waals surface area contributed by atoms with Gasteiger partial charge in [0, 0.05) is 13.0 Å². The van der Waals surface area contributed by atoms with Crippen LogP contribution in [-0.4, -0.2) is 21.1 Å². The van der Waals surface area contributed by atoms with Crippen molar-refractivity contribution in [3.05, 3.63) is 82.9 Å². The van der Waals surface area contributed by atoms with Gasteiger partial charge in [-0.1, -0.05) is 60.2 Å². The number of aromatic nitrogens is 3. The lowest BCUT2D eigenvalue weighted by molar-refractivity contribution is -0.120. The standard InChI is InChI=1S/C19H20N4O/c1-14-7-9-15(10-8-14)11-17-21-18(23-22-17)12-19(24)20-13-16-5-3-2-4-6-16/h2-10H,11-13H2,1H3,(H,20,24)(H,21,22,23). The monoisotopic (exact) mass is 320 g/mol. The van der Waals surface area contributed by atoms with Gasteiger partial charge >= 0.3 is 0 Å². The van der Waals surface area contributed by atoms with Crippen LogP contribution in [0.4, 0.5) is 0 Å². The van der Waals surface area contributed by atoms with Crippen molar-refractivity contribution in [1.82, 2.24) is 20.5 Å². The fourth-order valence-corrected chi connectivity index (χ4v) is 2.39. The van der Waals surface area contributed by atoms with E-state index in [2.05, 4.69) is 51.7 Å². The Hall–Kier alpha value is -2.95. The summed E-state index contributed by atoms with van der Waals surface area (Å²) in [4.78, 5) is 16.4. The van der Waals surface area contributed by atoms with Crippen LogP contribution in [0.2, 0.25) is 0 Å². The summed E-state index contributed by atoms with van der Waals surface area (Å²) in [6.07, 6.45) is 0.857. The number of nitrogens with zero attached hydrogens (tertiary/aromatic N) is 2. The first-order valence-electron chi connectivity index (χ1n) is 7.95. The molecule has 1 aromatic heterocycles. The van der Waals surface area contributed by atoms with Gasteiger partial charge in [0.1, 0.15) is 5.82 Å². The maximum atomic E-state index is 12.0. The van der Waals surface area contributed by atoms with Crippen molar-refractivity contribution in [3.8, 4) is 0 Å². The minimum atomic E-state index is -0.0836. The summed E-state index contributed by atoms with van der Waals surface area (Å²) in [5.41, 5.74) is 3.46. The van der Waals surface area contributed by atoms with Gasteiger partial charge in [0.2, 0.25) is 5.91 Å². The van der Waals surface area contributed by atoms with E-state index in [0.717, 1.165) is 17.0 Å². The average Bonchev–Trinajstić information content (AvgIpc) is 3.03. The summed E-state index contributed by atoms with van der Waals surface area (Å²) in [6.45, 7) is 2.57. The lowest BCUT2D eigenvalue weighted by Crippen LogP contribution is -2.25. The molecule has 0 saturated heterocycles. The molecule has 2 aromatic carbocycles. The summed E-state index contributed by atoms with van der Waals surface area (Å²) in [5.74, 6) is 1.20. The molecule has 1 amide bonds. The summed E-state index contributed by atoms with van der Waals surface area (Å²) in [6, 6.07) is 18.1. The fourth-order valence-electron chi connectivity index (χ4n) is 2.39. The Morgan fingerprint density at radius 1 is 1.04 bits per heavy atom. The highest BCUT2D eigenvalue weighted by atomic mass is 16.1. The highest BCUT2D eigenvalue weighted by molar-refractivity contribution is 5.77. The molecule has 0 aliphatic heterocycles. The molecule has 0 radical (unpaired) electrons. The first-order chi connectivity index (χ1) is 11.7. The largest absolute Gasteiger partial charge is 0.352 e. The van der Waals surface area contributed by atoms with E-state index in [1.807, 2.05) is 30.3 Å². The van der Waals surface area contributed by atoms with E-state index in [9.17, 15) is 4.79 Å². The van der Waals surface area contributed by atoms with Crippen LogP contribution in [0.15, 0.2) is 54.6 Å². The highest BCUT2D eigenvalue weighted by Gasteiger charge is 2.09. The van der Waals surface area contributed by atoms with Gasteiger partial charge in [0.15, 0.2) is 5.82 Å². The van der Waals surface area contributed by atoms with Crippen LogP contribution >= 0.6 is 0 Å². The fraction of sp³-hybridized carbons (Fsp3) is 0.211. The van der Waals surface area contributed by atoms with Crippen LogP contribution in [0.25, 0.3) is 0 Å². The smallest absolute Gasteiger partial charge is 0.228 e. The number of aryl methyl sites for hydroxylation is 1. The van der Waals surface area contributed by atoms with Crippen LogP contribution in [0.5, 0.6) is 0 Å². The lowest BCUT2D eigenvalue weighted by Gasteiger charge is -2.03. The number of carbonyl (C=O) groups excluding carboxylic acids is 1. The number of nitrogens with one attached hydrogen (secondary N) is 2. The SMILES string of the molecule is Cc1ccc(Cc2nc(CC(=O)NCc3ccccc3)n[nH]2)cc1. The summed E-state index contributed by atoms with van der Waals surface area (Å²) < 4.78 is 0. The van der Waals surface area contributed by atoms with E-state index in [0.29, 0.717) is 18.8 Å². The molecule has 0 aliphatic rings. The number of rotatable bonds is 6. The second-order valence-electron chi connectivity index (χ2n) is 5.80. The van der Waals surface area contributed by atoms with Gasteiger partial charge in [0.05, 0.1) is 6.42 Å². The zero-order valence-electron chi connectivity index (χ0n) is 13.6. The van der Waals surface area contributed by atoms with Crippen molar-refractivity contribution >= 4 is 5.91 Å². The number of benzene rings is 2. The second-order valence-corrected chi connectivity index (χ2v) is 5.80. The molecule has 5 heteroatoms. The van der Waals surface area contributed by atoms with Crippen LogP contribution in [0.1, 0.15) is 28.3 Å². The van der Waals surface area contributed by atoms with Gasteiger partial charge in [0.25, 0.3) is 0 Å². The minimum absolute atomic E-state index is 0.0836.